The number of hydrogen-bond acceptors (Lipinski definition) is 5. The second-order valence-electron chi connectivity index (χ2n) is 3.49. The van der Waals surface area contributed by atoms with Gasteiger partial charge in [-0.25, -0.2) is 0 Å². The number of nitrogens with two attached hydrogens (primary N) is 1. The molecule has 0 radical (unpaired) electrons. The van der Waals surface area contributed by atoms with Crippen molar-refractivity contribution in [3.63, 3.8) is 0 Å². The monoisotopic (exact) mass is 208 g/mol. The highest BCUT2D eigenvalue weighted by Gasteiger charge is 2.23. The molecule has 1 aromatic heterocycles. The van der Waals surface area contributed by atoms with E-state index in [1.165, 1.54) is 19.0 Å². The van der Waals surface area contributed by atoms with Crippen LogP contribution in [0.5, 0.6) is 5.88 Å². The lowest BCUT2D eigenvalue weighted by Crippen LogP contribution is -2.16. The second-order valence-corrected chi connectivity index (χ2v) is 3.49. The van der Waals surface area contributed by atoms with Gasteiger partial charge in [-0.3, -0.25) is 0 Å². The summed E-state index contributed by atoms with van der Waals surface area (Å²) in [4.78, 5) is 0. The molecule has 6 nitrogen and oxygen atoms in total. The van der Waals surface area contributed by atoms with Crippen molar-refractivity contribution in [3.8, 4) is 5.88 Å². The van der Waals surface area contributed by atoms with Crippen LogP contribution < -0.4 is 10.5 Å². The molecular weight excluding hydrogens is 196 g/mol. The Bertz CT molecular complexity index is 376. The van der Waals surface area contributed by atoms with Gasteiger partial charge in [0.2, 0.25) is 5.88 Å². The first kappa shape index (κ1) is 9.70. The van der Waals surface area contributed by atoms with Crippen LogP contribution in [0.15, 0.2) is 17.4 Å². The topological polar surface area (TPSA) is 93.6 Å². The van der Waals surface area contributed by atoms with Crippen molar-refractivity contribution >= 4 is 5.84 Å². The first-order valence-corrected chi connectivity index (χ1v) is 4.73. The summed E-state index contributed by atoms with van der Waals surface area (Å²) in [5, 5.41) is 19.0. The highest BCUT2D eigenvalue weighted by molar-refractivity contribution is 5.98. The molecule has 0 aliphatic heterocycles. The summed E-state index contributed by atoms with van der Waals surface area (Å²) in [6.45, 7) is 0.615. The summed E-state index contributed by atoms with van der Waals surface area (Å²) < 4.78 is 5.44. The van der Waals surface area contributed by atoms with E-state index in [2.05, 4.69) is 15.4 Å². The van der Waals surface area contributed by atoms with Crippen molar-refractivity contribution in [2.45, 2.75) is 12.8 Å². The summed E-state index contributed by atoms with van der Waals surface area (Å²) >= 11 is 0. The van der Waals surface area contributed by atoms with Crippen molar-refractivity contribution in [3.05, 3.63) is 17.8 Å². The Morgan fingerprint density at radius 2 is 2.47 bits per heavy atom. The quantitative estimate of drug-likeness (QED) is 0.322. The Hall–Kier alpha value is -1.85. The molecule has 1 fully saturated rings. The van der Waals surface area contributed by atoms with E-state index in [9.17, 15) is 0 Å². The molecule has 0 amide bonds. The fraction of sp³-hybridized carbons (Fsp3) is 0.444. The molecule has 1 heterocycles. The van der Waals surface area contributed by atoms with E-state index in [1.807, 2.05) is 0 Å². The van der Waals surface area contributed by atoms with Crippen LogP contribution in [0.3, 0.4) is 0 Å². The average Bonchev–Trinajstić information content (AvgIpc) is 3.09. The summed E-state index contributed by atoms with van der Waals surface area (Å²) in [5.41, 5.74) is 5.94. The molecule has 0 saturated heterocycles. The number of nitrogens with zero attached hydrogens (tertiary/aromatic N) is 3. The Morgan fingerprint density at radius 1 is 1.67 bits per heavy atom. The van der Waals surface area contributed by atoms with Gasteiger partial charge in [0.25, 0.3) is 0 Å². The zero-order valence-electron chi connectivity index (χ0n) is 8.13. The minimum absolute atomic E-state index is 0.0179. The summed E-state index contributed by atoms with van der Waals surface area (Å²) in [6, 6.07) is 1.60. The van der Waals surface area contributed by atoms with Crippen molar-refractivity contribution in [1.82, 2.24) is 10.2 Å². The van der Waals surface area contributed by atoms with Gasteiger partial charge in [0, 0.05) is 0 Å². The van der Waals surface area contributed by atoms with Gasteiger partial charge in [0.15, 0.2) is 5.84 Å². The van der Waals surface area contributed by atoms with E-state index in [0.717, 1.165) is 0 Å². The average molecular weight is 208 g/mol. The molecule has 1 aromatic rings. The SMILES string of the molecule is N/C(=N/O)c1ccnnc1OCC1CC1. The first-order valence-electron chi connectivity index (χ1n) is 4.73. The molecule has 0 aromatic carbocycles. The number of oxime groups is 1. The lowest BCUT2D eigenvalue weighted by atomic mass is 10.3. The number of aromatic nitrogens is 2. The van der Waals surface area contributed by atoms with Crippen LogP contribution in [0.25, 0.3) is 0 Å². The van der Waals surface area contributed by atoms with Gasteiger partial charge in [0.05, 0.1) is 18.4 Å². The normalized spacial score (nSPS) is 16.4. The van der Waals surface area contributed by atoms with Crippen LogP contribution in [0.1, 0.15) is 18.4 Å². The van der Waals surface area contributed by atoms with E-state index in [-0.39, 0.29) is 5.84 Å². The molecule has 80 valence electrons. The van der Waals surface area contributed by atoms with E-state index >= 15 is 0 Å². The lowest BCUT2D eigenvalue weighted by Gasteiger charge is -2.07. The zero-order chi connectivity index (χ0) is 10.7. The number of hydrogen-bond donors (Lipinski definition) is 2. The maximum atomic E-state index is 8.56. The molecule has 1 aliphatic rings. The van der Waals surface area contributed by atoms with Crippen LogP contribution in [0, 0.1) is 5.92 Å². The van der Waals surface area contributed by atoms with Gasteiger partial charge in [0.1, 0.15) is 0 Å². The number of ether oxygens (including phenoxy) is 1. The van der Waals surface area contributed by atoms with E-state index in [4.69, 9.17) is 15.7 Å². The molecule has 0 spiro atoms. The van der Waals surface area contributed by atoms with Gasteiger partial charge >= 0.3 is 0 Å². The molecule has 2 rings (SSSR count). The molecule has 3 N–H and O–H groups in total. The first-order chi connectivity index (χ1) is 7.31. The van der Waals surface area contributed by atoms with Crippen LogP contribution in [0.4, 0.5) is 0 Å². The lowest BCUT2D eigenvalue weighted by molar-refractivity contribution is 0.283. The zero-order valence-corrected chi connectivity index (χ0v) is 8.13. The van der Waals surface area contributed by atoms with Crippen molar-refractivity contribution < 1.29 is 9.94 Å². The predicted octanol–water partition coefficient (Wildman–Crippen LogP) is 0.360. The molecule has 6 heteroatoms. The minimum atomic E-state index is -0.0179. The Balaban J connectivity index is 2.12. The molecular formula is C9H12N4O2. The van der Waals surface area contributed by atoms with Crippen LogP contribution in [-0.2, 0) is 0 Å². The Labute approximate surface area is 86.8 Å². The third kappa shape index (κ3) is 2.34. The fourth-order valence-corrected chi connectivity index (χ4v) is 1.16. The Kier molecular flexibility index (Phi) is 2.66. The van der Waals surface area contributed by atoms with Gasteiger partial charge in [-0.1, -0.05) is 5.16 Å². The predicted molar refractivity (Wildman–Crippen MR) is 52.8 cm³/mol. The third-order valence-electron chi connectivity index (χ3n) is 2.22. The van der Waals surface area contributed by atoms with Gasteiger partial charge < -0.3 is 15.7 Å². The molecule has 1 saturated carbocycles. The standard InChI is InChI=1S/C9H12N4O2/c10-8(13-14)7-3-4-11-12-9(7)15-5-6-1-2-6/h3-4,6,14H,1-2,5H2,(H2,10,13). The van der Waals surface area contributed by atoms with Gasteiger partial charge in [-0.2, -0.15) is 5.10 Å². The summed E-state index contributed by atoms with van der Waals surface area (Å²) in [6.07, 6.45) is 3.86. The highest BCUT2D eigenvalue weighted by Crippen LogP contribution is 2.29. The minimum Gasteiger partial charge on any atom is -0.476 e. The van der Waals surface area contributed by atoms with Crippen LogP contribution >= 0.6 is 0 Å². The largest absolute Gasteiger partial charge is 0.476 e. The Morgan fingerprint density at radius 3 is 3.13 bits per heavy atom. The van der Waals surface area contributed by atoms with Crippen LogP contribution in [0.2, 0.25) is 0 Å². The highest BCUT2D eigenvalue weighted by atomic mass is 16.5. The molecule has 1 aliphatic carbocycles. The fourth-order valence-electron chi connectivity index (χ4n) is 1.16. The van der Waals surface area contributed by atoms with Crippen molar-refractivity contribution in [2.24, 2.45) is 16.8 Å². The number of rotatable bonds is 4. The second kappa shape index (κ2) is 4.12. The van der Waals surface area contributed by atoms with E-state index < -0.39 is 0 Å². The van der Waals surface area contributed by atoms with Gasteiger partial charge in [-0.15, -0.1) is 5.10 Å². The number of amidine groups is 1. The maximum absolute atomic E-state index is 8.56. The summed E-state index contributed by atoms with van der Waals surface area (Å²) in [7, 11) is 0. The molecule has 0 bridgehead atoms. The molecule has 0 unspecified atom stereocenters. The third-order valence-corrected chi connectivity index (χ3v) is 2.22. The van der Waals surface area contributed by atoms with Crippen molar-refractivity contribution in [1.29, 1.82) is 0 Å². The van der Waals surface area contributed by atoms with E-state index in [0.29, 0.717) is 24.0 Å². The molecule has 0 atom stereocenters. The van der Waals surface area contributed by atoms with E-state index in [1.54, 1.807) is 6.07 Å². The van der Waals surface area contributed by atoms with Crippen LogP contribution in [-0.4, -0.2) is 27.8 Å². The van der Waals surface area contributed by atoms with Crippen molar-refractivity contribution in [2.75, 3.05) is 6.61 Å². The maximum Gasteiger partial charge on any atom is 0.244 e. The smallest absolute Gasteiger partial charge is 0.244 e. The molecule has 15 heavy (non-hydrogen) atoms. The van der Waals surface area contributed by atoms with Gasteiger partial charge in [-0.05, 0) is 24.8 Å². The summed E-state index contributed by atoms with van der Waals surface area (Å²) in [5.74, 6) is 0.919.